The molecule has 1 aromatic heterocycles. The number of nitrogens with zero attached hydrogens (tertiary/aromatic N) is 2. The molecular formula is C17H25N3S. The lowest BCUT2D eigenvalue weighted by molar-refractivity contribution is 0.572. The minimum absolute atomic E-state index is 0.481. The summed E-state index contributed by atoms with van der Waals surface area (Å²) in [6, 6.07) is 9.08. The Balaban J connectivity index is 1.94. The second-order valence-electron chi connectivity index (χ2n) is 5.24. The summed E-state index contributed by atoms with van der Waals surface area (Å²) in [5, 5.41) is 7.95. The minimum Gasteiger partial charge on any atom is -0.313 e. The zero-order valence-electron chi connectivity index (χ0n) is 13.2. The summed E-state index contributed by atoms with van der Waals surface area (Å²) in [4.78, 5) is 1.38. The van der Waals surface area contributed by atoms with Gasteiger partial charge in [-0.25, -0.2) is 0 Å². The van der Waals surface area contributed by atoms with Crippen molar-refractivity contribution in [2.45, 2.75) is 44.7 Å². The molecule has 3 nitrogen and oxygen atoms in total. The maximum atomic E-state index is 4.36. The van der Waals surface area contributed by atoms with E-state index in [0.717, 1.165) is 25.3 Å². The van der Waals surface area contributed by atoms with Crippen LogP contribution in [-0.4, -0.2) is 28.1 Å². The van der Waals surface area contributed by atoms with Crippen molar-refractivity contribution in [1.82, 2.24) is 15.1 Å². The van der Waals surface area contributed by atoms with Gasteiger partial charge in [0.05, 0.1) is 6.20 Å². The largest absolute Gasteiger partial charge is 0.313 e. The van der Waals surface area contributed by atoms with E-state index in [1.807, 2.05) is 22.6 Å². The van der Waals surface area contributed by atoms with Gasteiger partial charge < -0.3 is 5.32 Å². The third-order valence-corrected chi connectivity index (χ3v) is 4.86. The summed E-state index contributed by atoms with van der Waals surface area (Å²) in [7, 11) is 0. The number of aryl methyl sites for hydroxylation is 2. The lowest BCUT2D eigenvalue weighted by Crippen LogP contribution is -2.33. The standard InChI is InChI=1S/C17H25N3S/c1-4-18-16(10-15-11-19-20(5-2)12-15)13-21-17-9-7-6-8-14(17)3/h6-9,11-12,16,18H,4-5,10,13H2,1-3H3. The average molecular weight is 303 g/mol. The van der Waals surface area contributed by atoms with Gasteiger partial charge in [-0.05, 0) is 44.0 Å². The van der Waals surface area contributed by atoms with Gasteiger partial charge in [0.15, 0.2) is 0 Å². The van der Waals surface area contributed by atoms with E-state index < -0.39 is 0 Å². The Kier molecular flexibility index (Phi) is 6.33. The molecule has 0 spiro atoms. The van der Waals surface area contributed by atoms with Crippen LogP contribution < -0.4 is 5.32 Å². The van der Waals surface area contributed by atoms with E-state index in [-0.39, 0.29) is 0 Å². The molecule has 2 rings (SSSR count). The van der Waals surface area contributed by atoms with Gasteiger partial charge in [0.25, 0.3) is 0 Å². The van der Waals surface area contributed by atoms with E-state index in [4.69, 9.17) is 0 Å². The summed E-state index contributed by atoms with van der Waals surface area (Å²) < 4.78 is 1.99. The maximum Gasteiger partial charge on any atom is 0.0522 e. The van der Waals surface area contributed by atoms with Gasteiger partial charge in [-0.3, -0.25) is 4.68 Å². The first-order valence-electron chi connectivity index (χ1n) is 7.66. The molecule has 0 aliphatic heterocycles. The first-order chi connectivity index (χ1) is 10.2. The molecule has 2 aromatic rings. The van der Waals surface area contributed by atoms with Crippen molar-refractivity contribution in [3.05, 3.63) is 47.8 Å². The Morgan fingerprint density at radius 1 is 1.29 bits per heavy atom. The number of aromatic nitrogens is 2. The molecule has 0 aliphatic rings. The molecule has 21 heavy (non-hydrogen) atoms. The van der Waals surface area contributed by atoms with Crippen molar-refractivity contribution in [2.75, 3.05) is 12.3 Å². The molecule has 1 unspecified atom stereocenters. The van der Waals surface area contributed by atoms with Crippen molar-refractivity contribution < 1.29 is 0 Å². The smallest absolute Gasteiger partial charge is 0.0522 e. The van der Waals surface area contributed by atoms with Crippen LogP contribution in [0.15, 0.2) is 41.6 Å². The van der Waals surface area contributed by atoms with Gasteiger partial charge >= 0.3 is 0 Å². The third-order valence-electron chi connectivity index (χ3n) is 3.52. The summed E-state index contributed by atoms with van der Waals surface area (Å²) >= 11 is 1.94. The summed E-state index contributed by atoms with van der Waals surface area (Å²) in [5.41, 5.74) is 2.67. The van der Waals surface area contributed by atoms with Crippen LogP contribution in [0.3, 0.4) is 0 Å². The normalized spacial score (nSPS) is 12.5. The zero-order valence-corrected chi connectivity index (χ0v) is 14.0. The van der Waals surface area contributed by atoms with Crippen LogP contribution in [0.1, 0.15) is 25.0 Å². The average Bonchev–Trinajstić information content (AvgIpc) is 2.94. The van der Waals surface area contributed by atoms with Crippen LogP contribution in [0.2, 0.25) is 0 Å². The summed E-state index contributed by atoms with van der Waals surface area (Å²) in [6.45, 7) is 8.40. The molecule has 0 bridgehead atoms. The first-order valence-corrected chi connectivity index (χ1v) is 8.64. The maximum absolute atomic E-state index is 4.36. The second kappa shape index (κ2) is 8.25. The molecule has 0 radical (unpaired) electrons. The van der Waals surface area contributed by atoms with E-state index >= 15 is 0 Å². The summed E-state index contributed by atoms with van der Waals surface area (Å²) in [5.74, 6) is 1.08. The number of hydrogen-bond donors (Lipinski definition) is 1. The topological polar surface area (TPSA) is 29.9 Å². The molecule has 1 atom stereocenters. The number of hydrogen-bond acceptors (Lipinski definition) is 3. The van der Waals surface area contributed by atoms with E-state index in [0.29, 0.717) is 6.04 Å². The van der Waals surface area contributed by atoms with Crippen molar-refractivity contribution in [2.24, 2.45) is 0 Å². The fourth-order valence-corrected chi connectivity index (χ4v) is 3.44. The molecular weight excluding hydrogens is 278 g/mol. The molecule has 1 N–H and O–H groups in total. The summed E-state index contributed by atoms with van der Waals surface area (Å²) in [6.07, 6.45) is 5.18. The Bertz CT molecular complexity index is 550. The fraction of sp³-hybridized carbons (Fsp3) is 0.471. The van der Waals surface area contributed by atoms with Crippen LogP contribution >= 0.6 is 11.8 Å². The van der Waals surface area contributed by atoms with Gasteiger partial charge in [0.1, 0.15) is 0 Å². The van der Waals surface area contributed by atoms with E-state index in [1.54, 1.807) is 0 Å². The van der Waals surface area contributed by atoms with E-state index in [2.05, 4.69) is 61.6 Å². The van der Waals surface area contributed by atoms with Gasteiger partial charge in [-0.15, -0.1) is 11.8 Å². The monoisotopic (exact) mass is 303 g/mol. The number of likely N-dealkylation sites (N-methyl/N-ethyl adjacent to an activating group) is 1. The molecule has 0 aliphatic carbocycles. The van der Waals surface area contributed by atoms with Crippen LogP contribution in [0.5, 0.6) is 0 Å². The van der Waals surface area contributed by atoms with E-state index in [1.165, 1.54) is 16.0 Å². The van der Waals surface area contributed by atoms with Crippen molar-refractivity contribution in [3.8, 4) is 0 Å². The highest BCUT2D eigenvalue weighted by molar-refractivity contribution is 7.99. The van der Waals surface area contributed by atoms with Crippen molar-refractivity contribution in [1.29, 1.82) is 0 Å². The predicted octanol–water partition coefficient (Wildman–Crippen LogP) is 3.52. The van der Waals surface area contributed by atoms with Crippen LogP contribution in [0.4, 0.5) is 0 Å². The highest BCUT2D eigenvalue weighted by Crippen LogP contribution is 2.23. The SMILES string of the molecule is CCNC(CSc1ccccc1C)Cc1cnn(CC)c1. The first kappa shape index (κ1) is 16.1. The Labute approximate surface area is 132 Å². The molecule has 1 aromatic carbocycles. The van der Waals surface area contributed by atoms with Crippen LogP contribution in [0, 0.1) is 6.92 Å². The van der Waals surface area contributed by atoms with Gasteiger partial charge in [-0.1, -0.05) is 25.1 Å². The number of benzene rings is 1. The van der Waals surface area contributed by atoms with Crippen molar-refractivity contribution >= 4 is 11.8 Å². The molecule has 0 amide bonds. The van der Waals surface area contributed by atoms with Crippen LogP contribution in [0.25, 0.3) is 0 Å². The second-order valence-corrected chi connectivity index (χ2v) is 6.30. The number of thioether (sulfide) groups is 1. The Hall–Kier alpha value is -1.26. The quantitative estimate of drug-likeness (QED) is 0.757. The zero-order chi connectivity index (χ0) is 15.1. The van der Waals surface area contributed by atoms with Crippen LogP contribution in [-0.2, 0) is 13.0 Å². The molecule has 1 heterocycles. The lowest BCUT2D eigenvalue weighted by atomic mass is 10.1. The molecule has 0 saturated heterocycles. The Morgan fingerprint density at radius 3 is 2.76 bits per heavy atom. The fourth-order valence-electron chi connectivity index (χ4n) is 2.36. The van der Waals surface area contributed by atoms with Crippen molar-refractivity contribution in [3.63, 3.8) is 0 Å². The molecule has 0 fully saturated rings. The van der Waals surface area contributed by atoms with Gasteiger partial charge in [-0.2, -0.15) is 5.10 Å². The van der Waals surface area contributed by atoms with E-state index in [9.17, 15) is 0 Å². The highest BCUT2D eigenvalue weighted by atomic mass is 32.2. The Morgan fingerprint density at radius 2 is 2.10 bits per heavy atom. The van der Waals surface area contributed by atoms with Gasteiger partial charge in [0, 0.05) is 29.4 Å². The molecule has 4 heteroatoms. The molecule has 0 saturated carbocycles. The van der Waals surface area contributed by atoms with Gasteiger partial charge in [0.2, 0.25) is 0 Å². The predicted molar refractivity (Wildman–Crippen MR) is 91.0 cm³/mol. The third kappa shape index (κ3) is 4.90. The molecule has 114 valence electrons. The number of nitrogens with one attached hydrogen (secondary N) is 1. The number of rotatable bonds is 8. The highest BCUT2D eigenvalue weighted by Gasteiger charge is 2.11. The minimum atomic E-state index is 0.481. The lowest BCUT2D eigenvalue weighted by Gasteiger charge is -2.17.